The van der Waals surface area contributed by atoms with E-state index in [2.05, 4.69) is 22.1 Å². The van der Waals surface area contributed by atoms with Gasteiger partial charge in [-0.05, 0) is 12.1 Å². The minimum atomic E-state index is -0.00142. The van der Waals surface area contributed by atoms with Crippen molar-refractivity contribution in [3.05, 3.63) is 36.5 Å². The molecule has 0 aliphatic rings. The lowest BCUT2D eigenvalue weighted by molar-refractivity contribution is -0.120. The van der Waals surface area contributed by atoms with Crippen molar-refractivity contribution in [1.29, 1.82) is 0 Å². The van der Waals surface area contributed by atoms with Crippen molar-refractivity contribution in [2.45, 2.75) is 13.3 Å². The first kappa shape index (κ1) is 13.9. The summed E-state index contributed by atoms with van der Waals surface area (Å²) >= 11 is 0. The second-order valence-electron chi connectivity index (χ2n) is 4.10. The Balaban J connectivity index is 1.90. The Kier molecular flexibility index (Phi) is 4.96. The first-order valence-corrected chi connectivity index (χ1v) is 6.50. The van der Waals surface area contributed by atoms with Gasteiger partial charge < -0.3 is 10.1 Å². The molecule has 0 fully saturated rings. The van der Waals surface area contributed by atoms with Crippen LogP contribution in [0.2, 0.25) is 0 Å². The summed E-state index contributed by atoms with van der Waals surface area (Å²) in [5, 5.41) is 3.72. The van der Waals surface area contributed by atoms with Crippen LogP contribution in [0, 0.1) is 11.8 Å². The molecular formula is C16H16N2O2. The van der Waals surface area contributed by atoms with Gasteiger partial charge in [0.2, 0.25) is 5.91 Å². The molecule has 1 amide bonds. The molecule has 0 unspecified atom stereocenters. The van der Waals surface area contributed by atoms with E-state index >= 15 is 0 Å². The first-order valence-electron chi connectivity index (χ1n) is 6.50. The fourth-order valence-corrected chi connectivity index (χ4v) is 1.69. The van der Waals surface area contributed by atoms with E-state index < -0.39 is 0 Å². The highest BCUT2D eigenvalue weighted by molar-refractivity contribution is 5.84. The van der Waals surface area contributed by atoms with Gasteiger partial charge in [-0.3, -0.25) is 9.78 Å². The van der Waals surface area contributed by atoms with Gasteiger partial charge in [0, 0.05) is 18.0 Å². The van der Waals surface area contributed by atoms with Crippen molar-refractivity contribution in [2.75, 3.05) is 13.2 Å². The van der Waals surface area contributed by atoms with E-state index in [1.165, 1.54) is 0 Å². The lowest BCUT2D eigenvalue weighted by Crippen LogP contribution is -2.22. The highest BCUT2D eigenvalue weighted by atomic mass is 16.5. The van der Waals surface area contributed by atoms with Crippen LogP contribution in [0.5, 0.6) is 5.75 Å². The summed E-state index contributed by atoms with van der Waals surface area (Å²) in [5.74, 6) is 6.42. The molecule has 2 rings (SSSR count). The molecule has 1 heterocycles. The summed E-state index contributed by atoms with van der Waals surface area (Å²) < 4.78 is 5.60. The molecule has 20 heavy (non-hydrogen) atoms. The summed E-state index contributed by atoms with van der Waals surface area (Å²) in [6, 6.07) is 9.66. The number of amides is 1. The lowest BCUT2D eigenvalue weighted by Gasteiger charge is -2.05. The molecule has 0 spiro atoms. The van der Waals surface area contributed by atoms with E-state index in [9.17, 15) is 4.79 Å². The third-order valence-corrected chi connectivity index (χ3v) is 2.72. The van der Waals surface area contributed by atoms with Crippen molar-refractivity contribution in [2.24, 2.45) is 0 Å². The summed E-state index contributed by atoms with van der Waals surface area (Å²) in [6.45, 7) is 2.43. The van der Waals surface area contributed by atoms with Gasteiger partial charge in [0.15, 0.2) is 0 Å². The molecule has 1 aromatic carbocycles. The third-order valence-electron chi connectivity index (χ3n) is 2.72. The highest BCUT2D eigenvalue weighted by Gasteiger charge is 2.00. The van der Waals surface area contributed by atoms with E-state index in [-0.39, 0.29) is 12.5 Å². The number of hydrogen-bond donors (Lipinski definition) is 1. The van der Waals surface area contributed by atoms with Gasteiger partial charge >= 0.3 is 0 Å². The van der Waals surface area contributed by atoms with Crippen LogP contribution in [0.1, 0.15) is 13.3 Å². The van der Waals surface area contributed by atoms with E-state index in [1.807, 2.05) is 30.3 Å². The number of ether oxygens (including phenoxy) is 1. The Morgan fingerprint density at radius 1 is 1.30 bits per heavy atom. The van der Waals surface area contributed by atoms with Crippen molar-refractivity contribution in [3.8, 4) is 17.6 Å². The molecule has 0 aliphatic carbocycles. The molecule has 0 atom stereocenters. The van der Waals surface area contributed by atoms with Crippen LogP contribution < -0.4 is 10.1 Å². The number of nitrogens with one attached hydrogen (secondary N) is 1. The standard InChI is InChI=1S/C16H16N2O2/c1-2-15(19)17-10-3-4-12-20-14-9-5-7-13-8-6-11-18-16(13)14/h5-9,11H,2,10,12H2,1H3,(H,17,19). The van der Waals surface area contributed by atoms with Crippen LogP contribution in [0.25, 0.3) is 10.9 Å². The van der Waals surface area contributed by atoms with Gasteiger partial charge in [-0.15, -0.1) is 0 Å². The third kappa shape index (κ3) is 3.72. The number of pyridine rings is 1. The van der Waals surface area contributed by atoms with Gasteiger partial charge in [-0.1, -0.05) is 37.0 Å². The maximum absolute atomic E-state index is 11.0. The smallest absolute Gasteiger partial charge is 0.220 e. The van der Waals surface area contributed by atoms with Crippen molar-refractivity contribution in [1.82, 2.24) is 10.3 Å². The molecule has 0 radical (unpaired) electrons. The molecule has 1 aromatic heterocycles. The predicted octanol–water partition coefficient (Wildman–Crippen LogP) is 2.14. The number of nitrogens with zero attached hydrogens (tertiary/aromatic N) is 1. The second kappa shape index (κ2) is 7.15. The van der Waals surface area contributed by atoms with Crippen molar-refractivity contribution in [3.63, 3.8) is 0 Å². The SMILES string of the molecule is CCC(=O)NCC#CCOc1cccc2cccnc12. The Labute approximate surface area is 118 Å². The molecule has 0 saturated heterocycles. The topological polar surface area (TPSA) is 51.2 Å². The number of aromatic nitrogens is 1. The summed E-state index contributed by atoms with van der Waals surface area (Å²) in [6.07, 6.45) is 2.21. The molecule has 4 heteroatoms. The summed E-state index contributed by atoms with van der Waals surface area (Å²) in [7, 11) is 0. The molecule has 1 N–H and O–H groups in total. The number of fused-ring (bicyclic) bond motifs is 1. The fraction of sp³-hybridized carbons (Fsp3) is 0.250. The van der Waals surface area contributed by atoms with E-state index in [4.69, 9.17) is 4.74 Å². The molecule has 0 saturated carbocycles. The fourth-order valence-electron chi connectivity index (χ4n) is 1.69. The zero-order chi connectivity index (χ0) is 14.2. The number of rotatable bonds is 4. The van der Waals surface area contributed by atoms with Gasteiger partial charge in [0.25, 0.3) is 0 Å². The molecule has 4 nitrogen and oxygen atoms in total. The monoisotopic (exact) mass is 268 g/mol. The van der Waals surface area contributed by atoms with Crippen LogP contribution in [0.15, 0.2) is 36.5 Å². The molecular weight excluding hydrogens is 252 g/mol. The van der Waals surface area contributed by atoms with Crippen LogP contribution in [-0.4, -0.2) is 24.0 Å². The van der Waals surface area contributed by atoms with Gasteiger partial charge in [-0.2, -0.15) is 0 Å². The lowest BCUT2D eigenvalue weighted by atomic mass is 10.2. The normalized spacial score (nSPS) is 9.65. The molecule has 0 bridgehead atoms. The van der Waals surface area contributed by atoms with Crippen LogP contribution in [0.3, 0.4) is 0 Å². The maximum Gasteiger partial charge on any atom is 0.220 e. The zero-order valence-corrected chi connectivity index (χ0v) is 11.3. The quantitative estimate of drug-likeness (QED) is 0.864. The Morgan fingerprint density at radius 2 is 2.15 bits per heavy atom. The van der Waals surface area contributed by atoms with Gasteiger partial charge in [0.05, 0.1) is 6.54 Å². The summed E-state index contributed by atoms with van der Waals surface area (Å²) in [5.41, 5.74) is 0.830. The Bertz CT molecular complexity index is 651. The zero-order valence-electron chi connectivity index (χ0n) is 11.3. The highest BCUT2D eigenvalue weighted by Crippen LogP contribution is 2.22. The number of carbonyl (C=O) groups excluding carboxylic acids is 1. The minimum absolute atomic E-state index is 0.00142. The summed E-state index contributed by atoms with van der Waals surface area (Å²) in [4.78, 5) is 15.3. The van der Waals surface area contributed by atoms with Gasteiger partial charge in [-0.25, -0.2) is 0 Å². The average molecular weight is 268 g/mol. The predicted molar refractivity (Wildman–Crippen MR) is 78.3 cm³/mol. The van der Waals surface area contributed by atoms with Crippen molar-refractivity contribution < 1.29 is 9.53 Å². The maximum atomic E-state index is 11.0. The first-order chi connectivity index (χ1) is 9.81. The largest absolute Gasteiger partial charge is 0.479 e. The number of benzene rings is 1. The van der Waals surface area contributed by atoms with Crippen molar-refractivity contribution >= 4 is 16.8 Å². The van der Waals surface area contributed by atoms with Crippen LogP contribution in [-0.2, 0) is 4.79 Å². The number of carbonyl (C=O) groups is 1. The number of hydrogen-bond acceptors (Lipinski definition) is 3. The Morgan fingerprint density at radius 3 is 3.00 bits per heavy atom. The van der Waals surface area contributed by atoms with E-state index in [0.29, 0.717) is 13.0 Å². The molecule has 2 aromatic rings. The molecule has 102 valence electrons. The van der Waals surface area contributed by atoms with Gasteiger partial charge in [0.1, 0.15) is 17.9 Å². The number of para-hydroxylation sites is 1. The van der Waals surface area contributed by atoms with Crippen LogP contribution >= 0.6 is 0 Å². The Hall–Kier alpha value is -2.54. The molecule has 0 aliphatic heterocycles. The minimum Gasteiger partial charge on any atom is -0.479 e. The van der Waals surface area contributed by atoms with Crippen LogP contribution in [0.4, 0.5) is 0 Å². The van der Waals surface area contributed by atoms with E-state index in [0.717, 1.165) is 16.7 Å². The van der Waals surface area contributed by atoms with E-state index in [1.54, 1.807) is 13.1 Å². The second-order valence-corrected chi connectivity index (χ2v) is 4.10. The average Bonchev–Trinajstić information content (AvgIpc) is 2.50.